The topological polar surface area (TPSA) is 17.8 Å². The van der Waals surface area contributed by atoms with Gasteiger partial charge in [0.15, 0.2) is 0 Å². The fraction of sp³-hybridized carbons (Fsp3) is 0.786. The standard InChI is InChI=1S/C14H26N2/c1-6-7-8-9-10-14(3,4)13-11-15-16(5)12(13)2/h11H,6-10H2,1-5H3. The summed E-state index contributed by atoms with van der Waals surface area (Å²) in [7, 11) is 2.02. The first kappa shape index (κ1) is 13.3. The summed E-state index contributed by atoms with van der Waals surface area (Å²) >= 11 is 0. The molecule has 0 aliphatic heterocycles. The highest BCUT2D eigenvalue weighted by atomic mass is 15.3. The number of nitrogens with zero attached hydrogens (tertiary/aromatic N) is 2. The zero-order valence-electron chi connectivity index (χ0n) is 11.5. The van der Waals surface area contributed by atoms with Crippen LogP contribution in [0.5, 0.6) is 0 Å². The molecule has 2 heteroatoms. The van der Waals surface area contributed by atoms with Crippen molar-refractivity contribution in [3.8, 4) is 0 Å². The first-order valence-corrected chi connectivity index (χ1v) is 6.48. The van der Waals surface area contributed by atoms with Crippen LogP contribution < -0.4 is 0 Å². The number of rotatable bonds is 6. The van der Waals surface area contributed by atoms with E-state index in [-0.39, 0.29) is 5.41 Å². The molecule has 1 aromatic rings. The van der Waals surface area contributed by atoms with Crippen molar-refractivity contribution < 1.29 is 0 Å². The SMILES string of the molecule is CCCCCCC(C)(C)c1cnn(C)c1C. The molecule has 0 bridgehead atoms. The molecule has 2 nitrogen and oxygen atoms in total. The zero-order valence-corrected chi connectivity index (χ0v) is 11.5. The summed E-state index contributed by atoms with van der Waals surface area (Å²) in [5, 5.41) is 4.34. The highest BCUT2D eigenvalue weighted by Gasteiger charge is 2.23. The summed E-state index contributed by atoms with van der Waals surface area (Å²) in [6.45, 7) is 9.10. The van der Waals surface area contributed by atoms with Gasteiger partial charge in [-0.25, -0.2) is 0 Å². The molecule has 0 saturated carbocycles. The summed E-state index contributed by atoms with van der Waals surface area (Å²) in [5.41, 5.74) is 2.98. The van der Waals surface area contributed by atoms with E-state index in [0.29, 0.717) is 0 Å². The Bertz CT molecular complexity index is 323. The van der Waals surface area contributed by atoms with Crippen molar-refractivity contribution in [1.29, 1.82) is 0 Å². The van der Waals surface area contributed by atoms with E-state index in [2.05, 4.69) is 32.8 Å². The lowest BCUT2D eigenvalue weighted by Gasteiger charge is -2.24. The lowest BCUT2D eigenvalue weighted by atomic mass is 9.80. The van der Waals surface area contributed by atoms with Gasteiger partial charge < -0.3 is 0 Å². The zero-order chi connectivity index (χ0) is 12.2. The van der Waals surface area contributed by atoms with Gasteiger partial charge in [0.25, 0.3) is 0 Å². The van der Waals surface area contributed by atoms with Gasteiger partial charge in [0.1, 0.15) is 0 Å². The van der Waals surface area contributed by atoms with Gasteiger partial charge in [-0.3, -0.25) is 4.68 Å². The van der Waals surface area contributed by atoms with Crippen molar-refractivity contribution in [3.05, 3.63) is 17.5 Å². The molecule has 0 radical (unpaired) electrons. The molecule has 0 unspecified atom stereocenters. The van der Waals surface area contributed by atoms with Gasteiger partial charge in [-0.2, -0.15) is 5.10 Å². The normalized spacial score (nSPS) is 12.1. The second kappa shape index (κ2) is 5.51. The Morgan fingerprint density at radius 1 is 1.25 bits per heavy atom. The Kier molecular flexibility index (Phi) is 4.57. The quantitative estimate of drug-likeness (QED) is 0.666. The monoisotopic (exact) mass is 222 g/mol. The largest absolute Gasteiger partial charge is 0.273 e. The minimum atomic E-state index is 0.270. The van der Waals surface area contributed by atoms with Crippen molar-refractivity contribution in [2.75, 3.05) is 0 Å². The molecule has 1 aromatic heterocycles. The Morgan fingerprint density at radius 3 is 2.44 bits per heavy atom. The Hall–Kier alpha value is -0.790. The number of hydrogen-bond acceptors (Lipinski definition) is 1. The van der Waals surface area contributed by atoms with E-state index in [4.69, 9.17) is 0 Å². The summed E-state index contributed by atoms with van der Waals surface area (Å²) in [4.78, 5) is 0. The van der Waals surface area contributed by atoms with E-state index < -0.39 is 0 Å². The summed E-state index contributed by atoms with van der Waals surface area (Å²) in [6, 6.07) is 0. The van der Waals surface area contributed by atoms with Crippen molar-refractivity contribution in [3.63, 3.8) is 0 Å². The van der Waals surface area contributed by atoms with Gasteiger partial charge in [-0.15, -0.1) is 0 Å². The van der Waals surface area contributed by atoms with Crippen LogP contribution in [0, 0.1) is 6.92 Å². The third-order valence-corrected chi connectivity index (χ3v) is 3.62. The molecule has 0 aliphatic carbocycles. The molecular weight excluding hydrogens is 196 g/mol. The van der Waals surface area contributed by atoms with Gasteiger partial charge >= 0.3 is 0 Å². The second-order valence-corrected chi connectivity index (χ2v) is 5.46. The average Bonchev–Trinajstić information content (AvgIpc) is 2.55. The van der Waals surface area contributed by atoms with Crippen molar-refractivity contribution >= 4 is 0 Å². The van der Waals surface area contributed by atoms with E-state index in [1.54, 1.807) is 0 Å². The van der Waals surface area contributed by atoms with Gasteiger partial charge in [0.05, 0.1) is 6.20 Å². The van der Waals surface area contributed by atoms with Crippen LogP contribution in [-0.4, -0.2) is 9.78 Å². The van der Waals surface area contributed by atoms with Gasteiger partial charge in [-0.05, 0) is 24.3 Å². The average molecular weight is 222 g/mol. The third-order valence-electron chi connectivity index (χ3n) is 3.62. The Labute approximate surface area is 100 Å². The molecule has 0 N–H and O–H groups in total. The molecule has 0 aliphatic rings. The van der Waals surface area contributed by atoms with Crippen molar-refractivity contribution in [1.82, 2.24) is 9.78 Å². The number of aromatic nitrogens is 2. The molecular formula is C14H26N2. The maximum atomic E-state index is 4.34. The predicted molar refractivity (Wildman–Crippen MR) is 69.7 cm³/mol. The molecule has 0 atom stereocenters. The molecule has 92 valence electrons. The van der Waals surface area contributed by atoms with Crippen LogP contribution in [0.2, 0.25) is 0 Å². The fourth-order valence-electron chi connectivity index (χ4n) is 2.29. The van der Waals surface area contributed by atoms with E-state index in [0.717, 1.165) is 0 Å². The summed E-state index contributed by atoms with van der Waals surface area (Å²) in [5.74, 6) is 0. The van der Waals surface area contributed by atoms with E-state index >= 15 is 0 Å². The first-order chi connectivity index (χ1) is 7.49. The van der Waals surface area contributed by atoms with Crippen molar-refractivity contribution in [2.24, 2.45) is 7.05 Å². The molecule has 0 saturated heterocycles. The Morgan fingerprint density at radius 2 is 1.94 bits per heavy atom. The van der Waals surface area contributed by atoms with Crippen LogP contribution >= 0.6 is 0 Å². The highest BCUT2D eigenvalue weighted by molar-refractivity contribution is 5.25. The molecule has 1 rings (SSSR count). The lowest BCUT2D eigenvalue weighted by molar-refractivity contribution is 0.443. The first-order valence-electron chi connectivity index (χ1n) is 6.48. The van der Waals surface area contributed by atoms with Crippen LogP contribution in [0.3, 0.4) is 0 Å². The van der Waals surface area contributed by atoms with Crippen LogP contribution in [0.15, 0.2) is 6.20 Å². The fourth-order valence-corrected chi connectivity index (χ4v) is 2.29. The van der Waals surface area contributed by atoms with E-state index in [9.17, 15) is 0 Å². The second-order valence-electron chi connectivity index (χ2n) is 5.46. The highest BCUT2D eigenvalue weighted by Crippen LogP contribution is 2.31. The smallest absolute Gasteiger partial charge is 0.0529 e. The molecule has 16 heavy (non-hydrogen) atoms. The van der Waals surface area contributed by atoms with E-state index in [1.807, 2.05) is 17.9 Å². The molecule has 0 fully saturated rings. The van der Waals surface area contributed by atoms with Gasteiger partial charge in [-0.1, -0.05) is 46.5 Å². The summed E-state index contributed by atoms with van der Waals surface area (Å²) in [6.07, 6.45) is 8.66. The van der Waals surface area contributed by atoms with Crippen LogP contribution in [0.1, 0.15) is 64.1 Å². The predicted octanol–water partition coefficient (Wildman–Crippen LogP) is 3.98. The third kappa shape index (κ3) is 3.10. The minimum absolute atomic E-state index is 0.270. The number of aryl methyl sites for hydroxylation is 1. The molecule has 1 heterocycles. The van der Waals surface area contributed by atoms with Crippen LogP contribution in [0.25, 0.3) is 0 Å². The number of unbranched alkanes of at least 4 members (excludes halogenated alkanes) is 3. The molecule has 0 amide bonds. The maximum Gasteiger partial charge on any atom is 0.0529 e. The van der Waals surface area contributed by atoms with Crippen molar-refractivity contribution in [2.45, 2.75) is 65.2 Å². The number of hydrogen-bond donors (Lipinski definition) is 0. The van der Waals surface area contributed by atoms with Crippen LogP contribution in [-0.2, 0) is 12.5 Å². The summed E-state index contributed by atoms with van der Waals surface area (Å²) < 4.78 is 1.98. The maximum absolute atomic E-state index is 4.34. The van der Waals surface area contributed by atoms with Gasteiger partial charge in [0.2, 0.25) is 0 Å². The lowest BCUT2D eigenvalue weighted by Crippen LogP contribution is -2.18. The Balaban J connectivity index is 2.59. The van der Waals surface area contributed by atoms with Crippen LogP contribution in [0.4, 0.5) is 0 Å². The molecule has 0 aromatic carbocycles. The van der Waals surface area contributed by atoms with E-state index in [1.165, 1.54) is 43.4 Å². The molecule has 0 spiro atoms. The van der Waals surface area contributed by atoms with Gasteiger partial charge in [0, 0.05) is 12.7 Å². The minimum Gasteiger partial charge on any atom is -0.273 e.